The van der Waals surface area contributed by atoms with Crippen molar-refractivity contribution >= 4 is 16.7 Å². The van der Waals surface area contributed by atoms with Gasteiger partial charge in [-0.25, -0.2) is 0 Å². The molecule has 0 spiro atoms. The molecule has 1 rings (SSSR count). The van der Waals surface area contributed by atoms with Gasteiger partial charge in [0.05, 0.1) is 12.7 Å². The summed E-state index contributed by atoms with van der Waals surface area (Å²) in [4.78, 5) is 13.6. The lowest BCUT2D eigenvalue weighted by Gasteiger charge is -2.26. The van der Waals surface area contributed by atoms with E-state index in [1.54, 1.807) is 6.26 Å². The van der Waals surface area contributed by atoms with E-state index in [1.165, 1.54) is 0 Å². The molecule has 1 N–H and O–H groups in total. The van der Waals surface area contributed by atoms with Crippen LogP contribution in [0.5, 0.6) is 0 Å². The monoisotopic (exact) mass is 260 g/mol. The molecule has 5 heteroatoms. The van der Waals surface area contributed by atoms with Crippen molar-refractivity contribution < 1.29 is 9.00 Å². The second-order valence-electron chi connectivity index (χ2n) is 5.21. The summed E-state index contributed by atoms with van der Waals surface area (Å²) in [6.45, 7) is 7.45. The van der Waals surface area contributed by atoms with Gasteiger partial charge >= 0.3 is 0 Å². The molecule has 1 aliphatic rings. The molecule has 1 heterocycles. The highest BCUT2D eigenvalue weighted by Gasteiger charge is 2.30. The van der Waals surface area contributed by atoms with Gasteiger partial charge in [0.1, 0.15) is 0 Å². The Kier molecular flexibility index (Phi) is 5.59. The summed E-state index contributed by atoms with van der Waals surface area (Å²) in [5, 5.41) is 3.40. The number of nitrogens with zero attached hydrogens (tertiary/aromatic N) is 1. The Morgan fingerprint density at radius 1 is 1.47 bits per heavy atom. The van der Waals surface area contributed by atoms with Crippen molar-refractivity contribution in [2.45, 2.75) is 45.0 Å². The topological polar surface area (TPSA) is 49.4 Å². The second-order valence-corrected chi connectivity index (χ2v) is 7.01. The van der Waals surface area contributed by atoms with E-state index in [-0.39, 0.29) is 17.3 Å². The van der Waals surface area contributed by atoms with Gasteiger partial charge in [-0.3, -0.25) is 14.3 Å². The molecule has 0 aromatic carbocycles. The molecule has 4 nitrogen and oxygen atoms in total. The molecule has 1 fully saturated rings. The summed E-state index contributed by atoms with van der Waals surface area (Å²) < 4.78 is 11.3. The van der Waals surface area contributed by atoms with Crippen LogP contribution < -0.4 is 5.32 Å². The van der Waals surface area contributed by atoms with Crippen LogP contribution >= 0.6 is 0 Å². The Labute approximate surface area is 107 Å². The van der Waals surface area contributed by atoms with Gasteiger partial charge in [-0.15, -0.1) is 0 Å². The van der Waals surface area contributed by atoms with Crippen molar-refractivity contribution in [3.05, 3.63) is 0 Å². The van der Waals surface area contributed by atoms with Crippen LogP contribution in [0.2, 0.25) is 0 Å². The lowest BCUT2D eigenvalue weighted by molar-refractivity contribution is -0.128. The predicted molar refractivity (Wildman–Crippen MR) is 71.1 cm³/mol. The summed E-state index contributed by atoms with van der Waals surface area (Å²) in [5.41, 5.74) is 0. The summed E-state index contributed by atoms with van der Waals surface area (Å²) in [6.07, 6.45) is 3.68. The summed E-state index contributed by atoms with van der Waals surface area (Å²) in [6, 6.07) is 0. The average Bonchev–Trinajstić information content (AvgIpc) is 2.55. The van der Waals surface area contributed by atoms with E-state index >= 15 is 0 Å². The van der Waals surface area contributed by atoms with Gasteiger partial charge < -0.3 is 4.90 Å². The average molecular weight is 260 g/mol. The third kappa shape index (κ3) is 4.39. The summed E-state index contributed by atoms with van der Waals surface area (Å²) in [7, 11) is -0.802. The van der Waals surface area contributed by atoms with Crippen molar-refractivity contribution in [1.29, 1.82) is 0 Å². The fraction of sp³-hybridized carbons (Fsp3) is 0.917. The Morgan fingerprint density at radius 2 is 2.12 bits per heavy atom. The van der Waals surface area contributed by atoms with Gasteiger partial charge in [0.15, 0.2) is 0 Å². The van der Waals surface area contributed by atoms with E-state index in [1.807, 2.05) is 11.8 Å². The molecular formula is C12H24N2O2S. The van der Waals surface area contributed by atoms with E-state index < -0.39 is 10.8 Å². The van der Waals surface area contributed by atoms with Crippen LogP contribution in [0.4, 0.5) is 0 Å². The van der Waals surface area contributed by atoms with Crippen LogP contribution in [0.3, 0.4) is 0 Å². The molecule has 1 saturated heterocycles. The van der Waals surface area contributed by atoms with E-state index in [0.29, 0.717) is 19.0 Å². The molecule has 100 valence electrons. The number of rotatable bonds is 6. The van der Waals surface area contributed by atoms with E-state index in [2.05, 4.69) is 19.2 Å². The maximum Gasteiger partial charge on any atom is 0.237 e. The number of hydrogen-bond donors (Lipinski definition) is 1. The third-order valence-corrected chi connectivity index (χ3v) is 4.59. The standard InChI is InChI=1S/C12H24N2O2S/c1-9(2)7-11-13-8-12(15)14(11)6-5-10(3)17(4)16/h9-11,13H,5-8H2,1-4H3. The highest BCUT2D eigenvalue weighted by atomic mass is 32.2. The zero-order valence-electron chi connectivity index (χ0n) is 11.2. The van der Waals surface area contributed by atoms with Gasteiger partial charge in [0.2, 0.25) is 5.91 Å². The van der Waals surface area contributed by atoms with Crippen LogP contribution in [0.15, 0.2) is 0 Å². The zero-order chi connectivity index (χ0) is 13.0. The molecule has 17 heavy (non-hydrogen) atoms. The van der Waals surface area contributed by atoms with Crippen LogP contribution in [-0.4, -0.2) is 45.8 Å². The molecule has 3 atom stereocenters. The van der Waals surface area contributed by atoms with Crippen molar-refractivity contribution in [3.8, 4) is 0 Å². The highest BCUT2D eigenvalue weighted by molar-refractivity contribution is 7.84. The number of carbonyl (C=O) groups is 1. The molecule has 1 aliphatic heterocycles. The highest BCUT2D eigenvalue weighted by Crippen LogP contribution is 2.15. The smallest absolute Gasteiger partial charge is 0.237 e. The van der Waals surface area contributed by atoms with E-state index in [4.69, 9.17) is 0 Å². The molecule has 0 aromatic rings. The number of carbonyl (C=O) groups excluding carboxylic acids is 1. The van der Waals surface area contributed by atoms with E-state index in [9.17, 15) is 9.00 Å². The summed E-state index contributed by atoms with van der Waals surface area (Å²) in [5.74, 6) is 0.739. The largest absolute Gasteiger partial charge is 0.326 e. The molecule has 0 aliphatic carbocycles. The van der Waals surface area contributed by atoms with Crippen LogP contribution in [0.25, 0.3) is 0 Å². The SMILES string of the molecule is CC(C)CC1NCC(=O)N1CCC(C)S(C)=O. The Hall–Kier alpha value is -0.420. The van der Waals surface area contributed by atoms with Crippen LogP contribution in [-0.2, 0) is 15.6 Å². The predicted octanol–water partition coefficient (Wildman–Crippen LogP) is 0.948. The molecule has 0 bridgehead atoms. The molecule has 3 unspecified atom stereocenters. The number of hydrogen-bond acceptors (Lipinski definition) is 3. The third-order valence-electron chi connectivity index (χ3n) is 3.22. The maximum atomic E-state index is 11.7. The Bertz CT molecular complexity index is 294. The van der Waals surface area contributed by atoms with Gasteiger partial charge in [-0.05, 0) is 18.8 Å². The first kappa shape index (κ1) is 14.6. The minimum Gasteiger partial charge on any atom is -0.326 e. The van der Waals surface area contributed by atoms with Crippen molar-refractivity contribution in [1.82, 2.24) is 10.2 Å². The first-order valence-corrected chi connectivity index (χ1v) is 7.89. The number of nitrogens with one attached hydrogen (secondary N) is 1. The minimum absolute atomic E-state index is 0.156. The Morgan fingerprint density at radius 3 is 2.65 bits per heavy atom. The van der Waals surface area contributed by atoms with Crippen LogP contribution in [0, 0.1) is 5.92 Å². The van der Waals surface area contributed by atoms with Crippen molar-refractivity contribution in [2.24, 2.45) is 5.92 Å². The minimum atomic E-state index is -0.802. The van der Waals surface area contributed by atoms with Gasteiger partial charge in [-0.2, -0.15) is 0 Å². The normalized spacial score (nSPS) is 24.4. The molecule has 0 aromatic heterocycles. The van der Waals surface area contributed by atoms with Crippen molar-refractivity contribution in [3.63, 3.8) is 0 Å². The van der Waals surface area contributed by atoms with Crippen molar-refractivity contribution in [2.75, 3.05) is 19.3 Å². The lowest BCUT2D eigenvalue weighted by Crippen LogP contribution is -2.40. The fourth-order valence-corrected chi connectivity index (χ4v) is 2.45. The van der Waals surface area contributed by atoms with Gasteiger partial charge in [0.25, 0.3) is 0 Å². The molecule has 1 amide bonds. The summed E-state index contributed by atoms with van der Waals surface area (Å²) >= 11 is 0. The zero-order valence-corrected chi connectivity index (χ0v) is 12.0. The first-order chi connectivity index (χ1) is 7.91. The Balaban J connectivity index is 2.48. The lowest BCUT2D eigenvalue weighted by atomic mass is 10.1. The number of amides is 1. The van der Waals surface area contributed by atoms with Gasteiger partial charge in [0, 0.05) is 28.9 Å². The first-order valence-electron chi connectivity index (χ1n) is 6.27. The van der Waals surface area contributed by atoms with E-state index in [0.717, 1.165) is 12.8 Å². The molecule has 0 radical (unpaired) electrons. The fourth-order valence-electron chi connectivity index (χ4n) is 2.02. The second kappa shape index (κ2) is 6.50. The molecule has 0 saturated carbocycles. The van der Waals surface area contributed by atoms with Crippen LogP contribution in [0.1, 0.15) is 33.6 Å². The molecular weight excluding hydrogens is 236 g/mol. The van der Waals surface area contributed by atoms with Gasteiger partial charge in [-0.1, -0.05) is 20.8 Å². The quantitative estimate of drug-likeness (QED) is 0.773. The maximum absolute atomic E-state index is 11.7.